The monoisotopic (exact) mass is 228 g/mol. The molecule has 0 amide bonds. The van der Waals surface area contributed by atoms with E-state index in [2.05, 4.69) is 17.1 Å². The first kappa shape index (κ1) is 13.5. The molecule has 0 aromatic rings. The second-order valence-electron chi connectivity index (χ2n) is 4.85. The van der Waals surface area contributed by atoms with Crippen LogP contribution in [0, 0.1) is 0 Å². The van der Waals surface area contributed by atoms with Gasteiger partial charge in [-0.2, -0.15) is 0 Å². The van der Waals surface area contributed by atoms with Crippen molar-refractivity contribution in [1.29, 1.82) is 0 Å². The van der Waals surface area contributed by atoms with Crippen LogP contribution in [0.5, 0.6) is 0 Å². The molecule has 94 valence electrons. The lowest BCUT2D eigenvalue weighted by Gasteiger charge is -2.26. The summed E-state index contributed by atoms with van der Waals surface area (Å²) in [7, 11) is 1.71. The van der Waals surface area contributed by atoms with Crippen molar-refractivity contribution in [3.05, 3.63) is 0 Å². The van der Waals surface area contributed by atoms with Crippen LogP contribution in [0.25, 0.3) is 0 Å². The highest BCUT2D eigenvalue weighted by atomic mass is 16.4. The van der Waals surface area contributed by atoms with Gasteiger partial charge in [0, 0.05) is 6.04 Å². The summed E-state index contributed by atoms with van der Waals surface area (Å²) in [6.07, 6.45) is 4.25. The number of carboxylic acids is 1. The minimum absolute atomic E-state index is 0.683. The molecular formula is C12H24N2O2. The van der Waals surface area contributed by atoms with Crippen LogP contribution in [0.3, 0.4) is 0 Å². The van der Waals surface area contributed by atoms with E-state index in [-0.39, 0.29) is 0 Å². The topological polar surface area (TPSA) is 52.6 Å². The largest absolute Gasteiger partial charge is 0.480 e. The molecule has 1 rings (SSSR count). The molecule has 1 aliphatic rings. The van der Waals surface area contributed by atoms with Crippen LogP contribution >= 0.6 is 0 Å². The molecule has 0 bridgehead atoms. The summed E-state index contributed by atoms with van der Waals surface area (Å²) in [6, 6.07) is 0.774. The second-order valence-corrected chi connectivity index (χ2v) is 4.85. The number of carboxylic acid groups (broad SMARTS) is 1. The predicted molar refractivity (Wildman–Crippen MR) is 64.6 cm³/mol. The Labute approximate surface area is 98.0 Å². The fourth-order valence-corrected chi connectivity index (χ4v) is 2.01. The van der Waals surface area contributed by atoms with Gasteiger partial charge in [-0.15, -0.1) is 0 Å². The zero-order valence-corrected chi connectivity index (χ0v) is 10.6. The van der Waals surface area contributed by atoms with Crippen LogP contribution < -0.4 is 5.32 Å². The molecule has 0 aromatic carbocycles. The Hall–Kier alpha value is -0.610. The molecule has 4 heteroatoms. The van der Waals surface area contributed by atoms with Gasteiger partial charge in [0.1, 0.15) is 5.54 Å². The third-order valence-electron chi connectivity index (χ3n) is 3.62. The summed E-state index contributed by atoms with van der Waals surface area (Å²) < 4.78 is 0. The van der Waals surface area contributed by atoms with Crippen LogP contribution in [-0.2, 0) is 4.79 Å². The normalized spacial score (nSPS) is 19.8. The smallest absolute Gasteiger partial charge is 0.323 e. The van der Waals surface area contributed by atoms with Crippen molar-refractivity contribution in [3.8, 4) is 0 Å². The number of nitrogens with one attached hydrogen (secondary N) is 1. The average Bonchev–Trinajstić information content (AvgIpc) is 3.07. The molecule has 1 fully saturated rings. The molecule has 1 saturated carbocycles. The Morgan fingerprint density at radius 2 is 2.19 bits per heavy atom. The Bertz CT molecular complexity index is 241. The van der Waals surface area contributed by atoms with Crippen molar-refractivity contribution < 1.29 is 9.90 Å². The number of aliphatic carboxylic acids is 1. The Kier molecular flexibility index (Phi) is 4.74. The quantitative estimate of drug-likeness (QED) is 0.658. The van der Waals surface area contributed by atoms with Gasteiger partial charge in [-0.1, -0.05) is 6.92 Å². The van der Waals surface area contributed by atoms with Gasteiger partial charge in [0.15, 0.2) is 0 Å². The first-order valence-corrected chi connectivity index (χ1v) is 6.20. The van der Waals surface area contributed by atoms with Gasteiger partial charge in [0.05, 0.1) is 0 Å². The van der Waals surface area contributed by atoms with Crippen molar-refractivity contribution >= 4 is 5.97 Å². The zero-order valence-electron chi connectivity index (χ0n) is 10.6. The molecule has 1 aliphatic carbocycles. The van der Waals surface area contributed by atoms with E-state index in [4.69, 9.17) is 5.11 Å². The highest BCUT2D eigenvalue weighted by molar-refractivity contribution is 5.78. The summed E-state index contributed by atoms with van der Waals surface area (Å²) in [4.78, 5) is 13.5. The van der Waals surface area contributed by atoms with E-state index in [1.807, 2.05) is 0 Å². The number of carbonyl (C=O) groups is 1. The van der Waals surface area contributed by atoms with Crippen LogP contribution in [0.15, 0.2) is 0 Å². The van der Waals surface area contributed by atoms with Gasteiger partial charge >= 0.3 is 5.97 Å². The van der Waals surface area contributed by atoms with Crippen LogP contribution in [0.1, 0.15) is 39.5 Å². The van der Waals surface area contributed by atoms with Crippen molar-refractivity contribution in [2.45, 2.75) is 51.1 Å². The van der Waals surface area contributed by atoms with Gasteiger partial charge in [-0.3, -0.25) is 4.79 Å². The van der Waals surface area contributed by atoms with Crippen LogP contribution in [-0.4, -0.2) is 47.7 Å². The number of nitrogens with zero attached hydrogens (tertiary/aromatic N) is 1. The standard InChI is InChI=1S/C12H24N2O2/c1-4-14(10-6-7-10)9-5-8-12(2,13-3)11(15)16/h10,13H,4-9H2,1-3H3,(H,15,16). The second kappa shape index (κ2) is 5.64. The lowest BCUT2D eigenvalue weighted by atomic mass is 9.96. The highest BCUT2D eigenvalue weighted by Gasteiger charge is 2.32. The molecule has 0 aliphatic heterocycles. The van der Waals surface area contributed by atoms with Crippen molar-refractivity contribution in [2.24, 2.45) is 0 Å². The first-order chi connectivity index (χ1) is 7.53. The lowest BCUT2D eigenvalue weighted by Crippen LogP contribution is -2.47. The molecule has 1 atom stereocenters. The zero-order chi connectivity index (χ0) is 12.2. The maximum absolute atomic E-state index is 11.1. The first-order valence-electron chi connectivity index (χ1n) is 6.20. The van der Waals surface area contributed by atoms with Gasteiger partial charge in [0.25, 0.3) is 0 Å². The third kappa shape index (κ3) is 3.46. The lowest BCUT2D eigenvalue weighted by molar-refractivity contribution is -0.144. The molecule has 2 N–H and O–H groups in total. The molecule has 0 aromatic heterocycles. The van der Waals surface area contributed by atoms with E-state index in [0.29, 0.717) is 6.42 Å². The maximum Gasteiger partial charge on any atom is 0.323 e. The van der Waals surface area contributed by atoms with Gasteiger partial charge in [-0.25, -0.2) is 0 Å². The molecule has 1 unspecified atom stereocenters. The van der Waals surface area contributed by atoms with Crippen LogP contribution in [0.4, 0.5) is 0 Å². The van der Waals surface area contributed by atoms with Crippen LogP contribution in [0.2, 0.25) is 0 Å². The number of hydrogen-bond acceptors (Lipinski definition) is 3. The minimum Gasteiger partial charge on any atom is -0.480 e. The van der Waals surface area contributed by atoms with Crippen molar-refractivity contribution in [2.75, 3.05) is 20.1 Å². The van der Waals surface area contributed by atoms with Crippen molar-refractivity contribution in [1.82, 2.24) is 10.2 Å². The average molecular weight is 228 g/mol. The summed E-state index contributed by atoms with van der Waals surface area (Å²) in [5, 5.41) is 12.0. The van der Waals surface area contributed by atoms with E-state index in [9.17, 15) is 4.79 Å². The Morgan fingerprint density at radius 3 is 2.56 bits per heavy atom. The fourth-order valence-electron chi connectivity index (χ4n) is 2.01. The van der Waals surface area contributed by atoms with E-state index in [0.717, 1.165) is 25.6 Å². The number of likely N-dealkylation sites (N-methyl/N-ethyl adjacent to an activating group) is 1. The number of hydrogen-bond donors (Lipinski definition) is 2. The molecule has 16 heavy (non-hydrogen) atoms. The van der Waals surface area contributed by atoms with E-state index >= 15 is 0 Å². The predicted octanol–water partition coefficient (Wildman–Crippen LogP) is 1.31. The summed E-state index contributed by atoms with van der Waals surface area (Å²) in [5.41, 5.74) is -0.775. The molecule has 0 radical (unpaired) electrons. The summed E-state index contributed by atoms with van der Waals surface area (Å²) >= 11 is 0. The van der Waals surface area contributed by atoms with E-state index in [1.54, 1.807) is 14.0 Å². The third-order valence-corrected chi connectivity index (χ3v) is 3.62. The number of rotatable bonds is 8. The molecule has 0 heterocycles. The minimum atomic E-state index is -0.775. The van der Waals surface area contributed by atoms with Gasteiger partial charge in [-0.05, 0) is 52.7 Å². The van der Waals surface area contributed by atoms with E-state index in [1.165, 1.54) is 12.8 Å². The molecule has 4 nitrogen and oxygen atoms in total. The maximum atomic E-state index is 11.1. The van der Waals surface area contributed by atoms with Gasteiger partial charge < -0.3 is 15.3 Å². The van der Waals surface area contributed by atoms with Crippen molar-refractivity contribution in [3.63, 3.8) is 0 Å². The fraction of sp³-hybridized carbons (Fsp3) is 0.917. The SMILES string of the molecule is CCN(CCCC(C)(NC)C(=O)O)C1CC1. The summed E-state index contributed by atoms with van der Waals surface area (Å²) in [5.74, 6) is -0.760. The highest BCUT2D eigenvalue weighted by Crippen LogP contribution is 2.27. The molecule has 0 saturated heterocycles. The van der Waals surface area contributed by atoms with E-state index < -0.39 is 11.5 Å². The molecular weight excluding hydrogens is 204 g/mol. The Morgan fingerprint density at radius 1 is 1.56 bits per heavy atom. The summed E-state index contributed by atoms with van der Waals surface area (Å²) in [6.45, 7) is 6.02. The Balaban J connectivity index is 2.29. The molecule has 0 spiro atoms. The van der Waals surface area contributed by atoms with Gasteiger partial charge in [0.2, 0.25) is 0 Å².